The molecule has 0 aromatic heterocycles. The van der Waals surface area contributed by atoms with Crippen molar-refractivity contribution in [2.45, 2.75) is 32.5 Å². The minimum atomic E-state index is -0.557. The minimum Gasteiger partial charge on any atom is -0.389 e. The fourth-order valence-corrected chi connectivity index (χ4v) is 1.94. The third-order valence-corrected chi connectivity index (χ3v) is 3.17. The minimum absolute atomic E-state index is 0.235. The third kappa shape index (κ3) is 6.22. The molecule has 0 heterocycles. The van der Waals surface area contributed by atoms with E-state index in [1.54, 1.807) is 0 Å². The van der Waals surface area contributed by atoms with Crippen LogP contribution in [-0.4, -0.2) is 30.0 Å². The summed E-state index contributed by atoms with van der Waals surface area (Å²) < 4.78 is 6.61. The van der Waals surface area contributed by atoms with Gasteiger partial charge in [0.2, 0.25) is 0 Å². The lowest BCUT2D eigenvalue weighted by atomic mass is 10.2. The molecule has 1 rings (SSSR count). The molecule has 0 radical (unpaired) electrons. The third-order valence-electron chi connectivity index (χ3n) is 2.17. The standard InChI is InChI=1S/C13H19ClINO2/c1-13(2,3)18-8-10(17)7-16-12-6-9(15)4-5-11(12)14/h4-6,10,16-17H,7-8H2,1-3H3. The maximum atomic E-state index is 9.80. The zero-order chi connectivity index (χ0) is 13.8. The van der Waals surface area contributed by atoms with Gasteiger partial charge in [0.1, 0.15) is 0 Å². The molecule has 0 aliphatic carbocycles. The van der Waals surface area contributed by atoms with Crippen molar-refractivity contribution in [3.05, 3.63) is 26.8 Å². The molecule has 1 aromatic carbocycles. The Morgan fingerprint density at radius 2 is 2.11 bits per heavy atom. The molecule has 2 N–H and O–H groups in total. The van der Waals surface area contributed by atoms with E-state index in [-0.39, 0.29) is 5.60 Å². The first-order valence-electron chi connectivity index (χ1n) is 5.79. The van der Waals surface area contributed by atoms with Crippen LogP contribution in [0, 0.1) is 3.57 Å². The zero-order valence-electron chi connectivity index (χ0n) is 10.8. The highest BCUT2D eigenvalue weighted by molar-refractivity contribution is 14.1. The Kier molecular flexibility index (Phi) is 6.17. The summed E-state index contributed by atoms with van der Waals surface area (Å²) in [6.07, 6.45) is -0.557. The highest BCUT2D eigenvalue weighted by atomic mass is 127. The first kappa shape index (κ1) is 16.0. The van der Waals surface area contributed by atoms with Crippen molar-refractivity contribution < 1.29 is 9.84 Å². The number of benzene rings is 1. The number of halogens is 2. The van der Waals surface area contributed by atoms with Crippen molar-refractivity contribution >= 4 is 39.9 Å². The molecule has 1 unspecified atom stereocenters. The van der Waals surface area contributed by atoms with Crippen molar-refractivity contribution in [2.75, 3.05) is 18.5 Å². The summed E-state index contributed by atoms with van der Waals surface area (Å²) in [4.78, 5) is 0. The number of rotatable bonds is 5. The molecular weight excluding hydrogens is 365 g/mol. The summed E-state index contributed by atoms with van der Waals surface area (Å²) in [7, 11) is 0. The summed E-state index contributed by atoms with van der Waals surface area (Å²) in [6, 6.07) is 5.72. The maximum absolute atomic E-state index is 9.80. The van der Waals surface area contributed by atoms with E-state index < -0.39 is 6.10 Å². The molecule has 0 saturated carbocycles. The van der Waals surface area contributed by atoms with E-state index in [1.807, 2.05) is 39.0 Å². The highest BCUT2D eigenvalue weighted by Gasteiger charge is 2.13. The average molecular weight is 384 g/mol. The van der Waals surface area contributed by atoms with Crippen molar-refractivity contribution in [1.29, 1.82) is 0 Å². The molecule has 0 fully saturated rings. The maximum Gasteiger partial charge on any atom is 0.0945 e. The van der Waals surface area contributed by atoms with Crippen molar-refractivity contribution in [3.8, 4) is 0 Å². The first-order valence-corrected chi connectivity index (χ1v) is 7.24. The first-order chi connectivity index (χ1) is 8.28. The topological polar surface area (TPSA) is 41.5 Å². The van der Waals surface area contributed by atoms with Crippen LogP contribution >= 0.6 is 34.2 Å². The quantitative estimate of drug-likeness (QED) is 0.764. The van der Waals surface area contributed by atoms with Gasteiger partial charge in [-0.25, -0.2) is 0 Å². The van der Waals surface area contributed by atoms with Gasteiger partial charge in [-0.15, -0.1) is 0 Å². The summed E-state index contributed by atoms with van der Waals surface area (Å²) in [5.41, 5.74) is 0.596. The Morgan fingerprint density at radius 1 is 1.44 bits per heavy atom. The van der Waals surface area contributed by atoms with Gasteiger partial charge in [0.05, 0.1) is 29.0 Å². The number of hydrogen-bond donors (Lipinski definition) is 2. The molecule has 0 saturated heterocycles. The second-order valence-electron chi connectivity index (χ2n) is 5.08. The van der Waals surface area contributed by atoms with E-state index in [0.717, 1.165) is 9.26 Å². The monoisotopic (exact) mass is 383 g/mol. The normalized spacial score (nSPS) is 13.4. The van der Waals surface area contributed by atoms with Crippen LogP contribution in [0.3, 0.4) is 0 Å². The van der Waals surface area contributed by atoms with Gasteiger partial charge < -0.3 is 15.2 Å². The van der Waals surface area contributed by atoms with Crippen molar-refractivity contribution in [2.24, 2.45) is 0 Å². The van der Waals surface area contributed by atoms with Crippen LogP contribution in [-0.2, 0) is 4.74 Å². The van der Waals surface area contributed by atoms with Gasteiger partial charge >= 0.3 is 0 Å². The molecule has 1 aromatic rings. The second kappa shape index (κ2) is 6.93. The molecular formula is C13H19ClINO2. The lowest BCUT2D eigenvalue weighted by molar-refractivity contribution is -0.0449. The summed E-state index contributed by atoms with van der Waals surface area (Å²) >= 11 is 8.27. The molecule has 102 valence electrons. The number of aliphatic hydroxyl groups excluding tert-OH is 1. The molecule has 0 amide bonds. The van der Waals surface area contributed by atoms with Gasteiger partial charge in [-0.2, -0.15) is 0 Å². The smallest absolute Gasteiger partial charge is 0.0945 e. The van der Waals surface area contributed by atoms with Gasteiger partial charge in [-0.3, -0.25) is 0 Å². The van der Waals surface area contributed by atoms with Crippen LogP contribution in [0.1, 0.15) is 20.8 Å². The number of ether oxygens (including phenoxy) is 1. The summed E-state index contributed by atoms with van der Waals surface area (Å²) in [5, 5.41) is 13.6. The van der Waals surface area contributed by atoms with Crippen LogP contribution in [0.2, 0.25) is 5.02 Å². The van der Waals surface area contributed by atoms with Crippen LogP contribution < -0.4 is 5.32 Å². The SMILES string of the molecule is CC(C)(C)OCC(O)CNc1cc(I)ccc1Cl. The lowest BCUT2D eigenvalue weighted by Crippen LogP contribution is -2.30. The number of aliphatic hydroxyl groups is 1. The van der Waals surface area contributed by atoms with Gasteiger partial charge in [0.25, 0.3) is 0 Å². The Hall–Kier alpha value is -0.0400. The van der Waals surface area contributed by atoms with Crippen LogP contribution in [0.15, 0.2) is 18.2 Å². The highest BCUT2D eigenvalue weighted by Crippen LogP contribution is 2.23. The Labute approximate surface area is 127 Å². The van der Waals surface area contributed by atoms with E-state index in [1.165, 1.54) is 0 Å². The molecule has 18 heavy (non-hydrogen) atoms. The molecule has 0 spiro atoms. The van der Waals surface area contributed by atoms with Crippen LogP contribution in [0.25, 0.3) is 0 Å². The number of nitrogens with one attached hydrogen (secondary N) is 1. The summed E-state index contributed by atoms with van der Waals surface area (Å²) in [5.74, 6) is 0. The number of hydrogen-bond acceptors (Lipinski definition) is 3. The second-order valence-corrected chi connectivity index (χ2v) is 6.74. The largest absolute Gasteiger partial charge is 0.389 e. The van der Waals surface area contributed by atoms with Gasteiger partial charge in [-0.05, 0) is 61.6 Å². The molecule has 3 nitrogen and oxygen atoms in total. The number of anilines is 1. The average Bonchev–Trinajstić information content (AvgIpc) is 2.26. The predicted octanol–water partition coefficient (Wildman–Crippen LogP) is 3.53. The van der Waals surface area contributed by atoms with Gasteiger partial charge in [-0.1, -0.05) is 11.6 Å². The molecule has 0 bridgehead atoms. The summed E-state index contributed by atoms with van der Waals surface area (Å²) in [6.45, 7) is 6.60. The predicted molar refractivity (Wildman–Crippen MR) is 84.4 cm³/mol. The Morgan fingerprint density at radius 3 is 2.72 bits per heavy atom. The molecule has 5 heteroatoms. The van der Waals surface area contributed by atoms with Crippen molar-refractivity contribution in [1.82, 2.24) is 0 Å². The fraction of sp³-hybridized carbons (Fsp3) is 0.538. The van der Waals surface area contributed by atoms with Gasteiger partial charge in [0.15, 0.2) is 0 Å². The molecule has 1 atom stereocenters. The van der Waals surface area contributed by atoms with Crippen LogP contribution in [0.4, 0.5) is 5.69 Å². The van der Waals surface area contributed by atoms with E-state index in [4.69, 9.17) is 16.3 Å². The van der Waals surface area contributed by atoms with Gasteiger partial charge in [0, 0.05) is 10.1 Å². The molecule has 0 aliphatic rings. The fourth-order valence-electron chi connectivity index (χ4n) is 1.27. The Bertz CT molecular complexity index is 393. The van der Waals surface area contributed by atoms with E-state index in [2.05, 4.69) is 27.9 Å². The Balaban J connectivity index is 2.42. The van der Waals surface area contributed by atoms with E-state index >= 15 is 0 Å². The zero-order valence-corrected chi connectivity index (χ0v) is 13.7. The van der Waals surface area contributed by atoms with E-state index in [0.29, 0.717) is 18.2 Å². The lowest BCUT2D eigenvalue weighted by Gasteiger charge is -2.22. The van der Waals surface area contributed by atoms with Crippen molar-refractivity contribution in [3.63, 3.8) is 0 Å². The van der Waals surface area contributed by atoms with E-state index in [9.17, 15) is 5.11 Å². The molecule has 0 aliphatic heterocycles. The van der Waals surface area contributed by atoms with Crippen LogP contribution in [0.5, 0.6) is 0 Å².